The number of amides is 2. The number of carbonyl (C=O) groups excluding carboxylic acids is 2. The second-order valence-electron chi connectivity index (χ2n) is 7.34. The molecule has 2 heterocycles. The molecule has 1 atom stereocenters. The Labute approximate surface area is 160 Å². The largest absolute Gasteiger partial charge is 0.493 e. The normalized spacial score (nSPS) is 20.9. The number of nitrogens with zero attached hydrogens (tertiary/aromatic N) is 2. The van der Waals surface area contributed by atoms with Gasteiger partial charge in [0.2, 0.25) is 11.8 Å². The van der Waals surface area contributed by atoms with Crippen molar-refractivity contribution in [3.63, 3.8) is 0 Å². The van der Waals surface area contributed by atoms with Crippen LogP contribution in [0.1, 0.15) is 24.8 Å². The predicted molar refractivity (Wildman–Crippen MR) is 102 cm³/mol. The third kappa shape index (κ3) is 4.53. The highest BCUT2D eigenvalue weighted by Crippen LogP contribution is 2.28. The van der Waals surface area contributed by atoms with Crippen molar-refractivity contribution in [2.75, 3.05) is 40.4 Å². The molecule has 2 aliphatic heterocycles. The van der Waals surface area contributed by atoms with Gasteiger partial charge in [-0.15, -0.1) is 0 Å². The van der Waals surface area contributed by atoms with Crippen molar-refractivity contribution in [1.29, 1.82) is 0 Å². The molecule has 1 aromatic carbocycles. The Morgan fingerprint density at radius 2 is 1.89 bits per heavy atom. The van der Waals surface area contributed by atoms with Gasteiger partial charge in [-0.1, -0.05) is 6.07 Å². The van der Waals surface area contributed by atoms with Crippen molar-refractivity contribution in [2.24, 2.45) is 11.7 Å². The van der Waals surface area contributed by atoms with Gasteiger partial charge in [0.05, 0.1) is 20.1 Å². The van der Waals surface area contributed by atoms with Crippen LogP contribution in [0, 0.1) is 5.92 Å². The summed E-state index contributed by atoms with van der Waals surface area (Å²) in [6.07, 6.45) is 2.71. The average Bonchev–Trinajstić information content (AvgIpc) is 3.06. The molecule has 3 rings (SSSR count). The Morgan fingerprint density at radius 3 is 2.56 bits per heavy atom. The third-order valence-corrected chi connectivity index (χ3v) is 5.53. The summed E-state index contributed by atoms with van der Waals surface area (Å²) in [6, 6.07) is 5.96. The van der Waals surface area contributed by atoms with E-state index in [1.807, 2.05) is 23.1 Å². The summed E-state index contributed by atoms with van der Waals surface area (Å²) in [5, 5.41) is 0. The SMILES string of the molecule is COc1ccc(CCN2CC(C(=O)N3CCC(N)CC3)CC2=O)cc1OC. The number of rotatable bonds is 6. The lowest BCUT2D eigenvalue weighted by Gasteiger charge is -2.31. The number of hydrogen-bond donors (Lipinski definition) is 1. The number of piperidine rings is 1. The Kier molecular flexibility index (Phi) is 6.21. The predicted octanol–water partition coefficient (Wildman–Crippen LogP) is 1.04. The highest BCUT2D eigenvalue weighted by atomic mass is 16.5. The number of carbonyl (C=O) groups is 2. The van der Waals surface area contributed by atoms with E-state index in [0.29, 0.717) is 50.5 Å². The molecule has 2 N–H and O–H groups in total. The van der Waals surface area contributed by atoms with Crippen LogP contribution in [0.25, 0.3) is 0 Å². The van der Waals surface area contributed by atoms with Gasteiger partial charge in [-0.3, -0.25) is 9.59 Å². The van der Waals surface area contributed by atoms with E-state index in [2.05, 4.69) is 0 Å². The van der Waals surface area contributed by atoms with E-state index in [9.17, 15) is 9.59 Å². The quantitative estimate of drug-likeness (QED) is 0.803. The third-order valence-electron chi connectivity index (χ3n) is 5.53. The van der Waals surface area contributed by atoms with Crippen LogP contribution in [0.2, 0.25) is 0 Å². The Hall–Kier alpha value is -2.28. The summed E-state index contributed by atoms with van der Waals surface area (Å²) in [7, 11) is 3.21. The first-order chi connectivity index (χ1) is 13.0. The summed E-state index contributed by atoms with van der Waals surface area (Å²) >= 11 is 0. The van der Waals surface area contributed by atoms with Crippen molar-refractivity contribution in [1.82, 2.24) is 9.80 Å². The van der Waals surface area contributed by atoms with Crippen LogP contribution in [0.15, 0.2) is 18.2 Å². The van der Waals surface area contributed by atoms with Crippen LogP contribution < -0.4 is 15.2 Å². The van der Waals surface area contributed by atoms with E-state index in [4.69, 9.17) is 15.2 Å². The van der Waals surface area contributed by atoms with Gasteiger partial charge in [-0.2, -0.15) is 0 Å². The van der Waals surface area contributed by atoms with Gasteiger partial charge >= 0.3 is 0 Å². The molecule has 148 valence electrons. The standard InChI is InChI=1S/C20H29N3O4/c1-26-17-4-3-14(11-18(17)27-2)5-8-23-13-15(12-19(23)24)20(25)22-9-6-16(21)7-10-22/h3-4,11,15-16H,5-10,12-13,21H2,1-2H3. The molecule has 0 aliphatic carbocycles. The molecule has 0 saturated carbocycles. The number of hydrogen-bond acceptors (Lipinski definition) is 5. The van der Waals surface area contributed by atoms with Gasteiger partial charge in [-0.25, -0.2) is 0 Å². The number of ether oxygens (including phenoxy) is 2. The Balaban J connectivity index is 1.54. The average molecular weight is 375 g/mol. The molecule has 2 amide bonds. The summed E-state index contributed by atoms with van der Waals surface area (Å²) in [5.74, 6) is 1.30. The number of methoxy groups -OCH3 is 2. The van der Waals surface area contributed by atoms with Crippen molar-refractivity contribution in [3.05, 3.63) is 23.8 Å². The zero-order valence-electron chi connectivity index (χ0n) is 16.1. The van der Waals surface area contributed by atoms with Crippen molar-refractivity contribution < 1.29 is 19.1 Å². The fraction of sp³-hybridized carbons (Fsp3) is 0.600. The minimum absolute atomic E-state index is 0.0579. The molecular formula is C20H29N3O4. The second kappa shape index (κ2) is 8.61. The van der Waals surface area contributed by atoms with E-state index in [1.165, 1.54) is 0 Å². The molecular weight excluding hydrogens is 346 g/mol. The van der Waals surface area contributed by atoms with Crippen LogP contribution in [0.3, 0.4) is 0 Å². The van der Waals surface area contributed by atoms with Gasteiger partial charge in [0.1, 0.15) is 0 Å². The van der Waals surface area contributed by atoms with Gasteiger partial charge in [-0.05, 0) is 37.0 Å². The minimum Gasteiger partial charge on any atom is -0.493 e. The molecule has 0 bridgehead atoms. The van der Waals surface area contributed by atoms with E-state index in [0.717, 1.165) is 18.4 Å². The van der Waals surface area contributed by atoms with Gasteiger partial charge < -0.3 is 25.0 Å². The molecule has 1 unspecified atom stereocenters. The van der Waals surface area contributed by atoms with Crippen molar-refractivity contribution >= 4 is 11.8 Å². The monoisotopic (exact) mass is 375 g/mol. The number of nitrogens with two attached hydrogens (primary N) is 1. The zero-order chi connectivity index (χ0) is 19.4. The van der Waals surface area contributed by atoms with E-state index < -0.39 is 0 Å². The molecule has 0 aromatic heterocycles. The summed E-state index contributed by atoms with van der Waals surface area (Å²) in [5.41, 5.74) is 6.98. The minimum atomic E-state index is -0.225. The van der Waals surface area contributed by atoms with Crippen LogP contribution in [-0.2, 0) is 16.0 Å². The fourth-order valence-electron chi connectivity index (χ4n) is 3.83. The first-order valence-corrected chi connectivity index (χ1v) is 9.55. The molecule has 7 heteroatoms. The lowest BCUT2D eigenvalue weighted by atomic mass is 10.0. The molecule has 0 spiro atoms. The molecule has 0 radical (unpaired) electrons. The smallest absolute Gasteiger partial charge is 0.227 e. The molecule has 27 heavy (non-hydrogen) atoms. The summed E-state index contributed by atoms with van der Waals surface area (Å²) in [6.45, 7) is 2.52. The Bertz CT molecular complexity index is 686. The van der Waals surface area contributed by atoms with E-state index in [-0.39, 0.29) is 23.8 Å². The first-order valence-electron chi connectivity index (χ1n) is 9.55. The maximum atomic E-state index is 12.7. The number of likely N-dealkylation sites (tertiary alicyclic amines) is 2. The van der Waals surface area contributed by atoms with E-state index in [1.54, 1.807) is 19.1 Å². The summed E-state index contributed by atoms with van der Waals surface area (Å²) < 4.78 is 10.6. The van der Waals surface area contributed by atoms with Crippen LogP contribution >= 0.6 is 0 Å². The van der Waals surface area contributed by atoms with Gasteiger partial charge in [0.15, 0.2) is 11.5 Å². The van der Waals surface area contributed by atoms with Gasteiger partial charge in [0, 0.05) is 38.6 Å². The maximum Gasteiger partial charge on any atom is 0.227 e. The highest BCUT2D eigenvalue weighted by Gasteiger charge is 2.36. The highest BCUT2D eigenvalue weighted by molar-refractivity contribution is 5.89. The molecule has 2 saturated heterocycles. The molecule has 2 fully saturated rings. The molecule has 1 aromatic rings. The summed E-state index contributed by atoms with van der Waals surface area (Å²) in [4.78, 5) is 28.7. The maximum absolute atomic E-state index is 12.7. The van der Waals surface area contributed by atoms with Crippen LogP contribution in [0.5, 0.6) is 11.5 Å². The zero-order valence-corrected chi connectivity index (χ0v) is 16.1. The van der Waals surface area contributed by atoms with Crippen LogP contribution in [-0.4, -0.2) is 68.1 Å². The van der Waals surface area contributed by atoms with Crippen molar-refractivity contribution in [2.45, 2.75) is 31.7 Å². The van der Waals surface area contributed by atoms with Crippen LogP contribution in [0.4, 0.5) is 0 Å². The van der Waals surface area contributed by atoms with Crippen molar-refractivity contribution in [3.8, 4) is 11.5 Å². The lowest BCUT2D eigenvalue weighted by molar-refractivity contribution is -0.136. The fourth-order valence-corrected chi connectivity index (χ4v) is 3.83. The number of benzene rings is 1. The topological polar surface area (TPSA) is 85.1 Å². The molecule has 2 aliphatic rings. The second-order valence-corrected chi connectivity index (χ2v) is 7.34. The van der Waals surface area contributed by atoms with E-state index >= 15 is 0 Å². The molecule has 7 nitrogen and oxygen atoms in total. The Morgan fingerprint density at radius 1 is 1.19 bits per heavy atom. The first kappa shape index (κ1) is 19.5. The van der Waals surface area contributed by atoms with Gasteiger partial charge in [0.25, 0.3) is 0 Å². The lowest BCUT2D eigenvalue weighted by Crippen LogP contribution is -2.45.